The molecule has 2 atom stereocenters. The van der Waals surface area contributed by atoms with Gasteiger partial charge in [0.25, 0.3) is 5.91 Å². The fraction of sp³-hybridized carbons (Fsp3) is 0.450. The maximum Gasteiger partial charge on any atom is 0.287 e. The molecule has 2 aromatic rings. The van der Waals surface area contributed by atoms with Crippen molar-refractivity contribution in [1.82, 2.24) is 10.2 Å². The van der Waals surface area contributed by atoms with Gasteiger partial charge in [-0.25, -0.2) is 4.39 Å². The number of hydrogen-bond donors (Lipinski definition) is 1. The van der Waals surface area contributed by atoms with Crippen molar-refractivity contribution in [2.45, 2.75) is 50.4 Å². The zero-order valence-electron chi connectivity index (χ0n) is 14.8. The molecule has 138 valence electrons. The molecule has 0 aliphatic carbocycles. The number of hydrogen-bond acceptors (Lipinski definition) is 4. The highest BCUT2D eigenvalue weighted by molar-refractivity contribution is 5.91. The molecule has 0 saturated carbocycles. The Hall–Kier alpha value is -2.34. The molecule has 2 saturated heterocycles. The highest BCUT2D eigenvalue weighted by Gasteiger charge is 2.39. The number of benzene rings is 1. The zero-order chi connectivity index (χ0) is 18.1. The van der Waals surface area contributed by atoms with Gasteiger partial charge in [0.2, 0.25) is 0 Å². The molecule has 1 aromatic heterocycles. The molecule has 2 unspecified atom stereocenters. The number of amides is 1. The largest absolute Gasteiger partial charge is 0.486 e. The van der Waals surface area contributed by atoms with Crippen LogP contribution in [0.1, 0.15) is 42.0 Å². The van der Waals surface area contributed by atoms with E-state index < -0.39 is 0 Å². The number of piperidine rings is 1. The van der Waals surface area contributed by atoms with Gasteiger partial charge >= 0.3 is 0 Å². The van der Waals surface area contributed by atoms with Crippen LogP contribution >= 0.6 is 0 Å². The molecule has 4 rings (SSSR count). The number of furan rings is 1. The summed E-state index contributed by atoms with van der Waals surface area (Å²) in [6, 6.07) is 10.6. The second-order valence-electron chi connectivity index (χ2n) is 7.20. The second-order valence-corrected chi connectivity index (χ2v) is 7.20. The average Bonchev–Trinajstić information content (AvgIpc) is 3.17. The molecule has 2 bridgehead atoms. The quantitative estimate of drug-likeness (QED) is 0.891. The summed E-state index contributed by atoms with van der Waals surface area (Å²) in [6.07, 6.45) is 4.44. The molecule has 1 N–H and O–H groups in total. The maximum absolute atomic E-state index is 12.9. The van der Waals surface area contributed by atoms with E-state index in [9.17, 15) is 9.18 Å². The number of halogens is 1. The van der Waals surface area contributed by atoms with Crippen molar-refractivity contribution in [2.24, 2.45) is 0 Å². The van der Waals surface area contributed by atoms with E-state index in [1.807, 2.05) is 0 Å². The average molecular weight is 358 g/mol. The van der Waals surface area contributed by atoms with Crippen molar-refractivity contribution in [1.29, 1.82) is 0 Å². The molecule has 1 amide bonds. The van der Waals surface area contributed by atoms with Crippen LogP contribution in [-0.2, 0) is 6.61 Å². The van der Waals surface area contributed by atoms with Crippen LogP contribution in [0, 0.1) is 5.82 Å². The normalized spacial score (nSPS) is 25.2. The molecule has 2 fully saturated rings. The maximum atomic E-state index is 12.9. The number of carbonyl (C=O) groups is 1. The van der Waals surface area contributed by atoms with Crippen LogP contribution < -0.4 is 10.1 Å². The molecule has 2 aliphatic rings. The summed E-state index contributed by atoms with van der Waals surface area (Å²) >= 11 is 0. The first-order chi connectivity index (χ1) is 12.6. The number of nitrogens with one attached hydrogen (secondary N) is 1. The van der Waals surface area contributed by atoms with Crippen molar-refractivity contribution in [3.8, 4) is 5.75 Å². The van der Waals surface area contributed by atoms with E-state index in [4.69, 9.17) is 9.15 Å². The standard InChI is InChI=1S/C20H23FN2O3/c1-23-15-4-5-16(23)11-14(10-15)22-20(24)19-9-8-18(26-19)12-25-17-6-2-13(21)3-7-17/h2-3,6-9,14-16H,4-5,10-12H2,1H3,(H,22,24). The number of nitrogens with zero attached hydrogens (tertiary/aromatic N) is 1. The van der Waals surface area contributed by atoms with Gasteiger partial charge in [0.1, 0.15) is 23.9 Å². The van der Waals surface area contributed by atoms with Gasteiger partial charge in [0.05, 0.1) is 0 Å². The van der Waals surface area contributed by atoms with Crippen LogP contribution in [0.25, 0.3) is 0 Å². The summed E-state index contributed by atoms with van der Waals surface area (Å²) in [5, 5.41) is 3.11. The first kappa shape index (κ1) is 17.1. The molecular formula is C20H23FN2O3. The Kier molecular flexibility index (Phi) is 4.68. The lowest BCUT2D eigenvalue weighted by molar-refractivity contribution is 0.0851. The van der Waals surface area contributed by atoms with Gasteiger partial charge in [-0.05, 0) is 69.1 Å². The Morgan fingerprint density at radius 1 is 1.19 bits per heavy atom. The Labute approximate surface area is 152 Å². The lowest BCUT2D eigenvalue weighted by atomic mass is 9.98. The fourth-order valence-electron chi connectivity index (χ4n) is 4.05. The fourth-order valence-corrected chi connectivity index (χ4v) is 4.05. The van der Waals surface area contributed by atoms with E-state index >= 15 is 0 Å². The number of rotatable bonds is 5. The van der Waals surface area contributed by atoms with Gasteiger partial charge in [-0.1, -0.05) is 0 Å². The van der Waals surface area contributed by atoms with Crippen LogP contribution in [0.3, 0.4) is 0 Å². The summed E-state index contributed by atoms with van der Waals surface area (Å²) in [5.41, 5.74) is 0. The monoisotopic (exact) mass is 358 g/mol. The van der Waals surface area contributed by atoms with Gasteiger partial charge in [-0.2, -0.15) is 0 Å². The first-order valence-electron chi connectivity index (χ1n) is 9.08. The van der Waals surface area contributed by atoms with Crippen molar-refractivity contribution in [3.05, 3.63) is 53.7 Å². The lowest BCUT2D eigenvalue weighted by Gasteiger charge is -2.36. The van der Waals surface area contributed by atoms with E-state index in [2.05, 4.69) is 17.3 Å². The molecular weight excluding hydrogens is 335 g/mol. The lowest BCUT2D eigenvalue weighted by Crippen LogP contribution is -2.48. The minimum absolute atomic E-state index is 0.174. The number of carbonyl (C=O) groups excluding carboxylic acids is 1. The van der Waals surface area contributed by atoms with Gasteiger partial charge in [-0.3, -0.25) is 4.79 Å². The summed E-state index contributed by atoms with van der Waals surface area (Å²) in [4.78, 5) is 14.9. The van der Waals surface area contributed by atoms with E-state index in [1.54, 1.807) is 24.3 Å². The highest BCUT2D eigenvalue weighted by Crippen LogP contribution is 2.34. The van der Waals surface area contributed by atoms with Crippen molar-refractivity contribution < 1.29 is 18.3 Å². The topological polar surface area (TPSA) is 54.7 Å². The van der Waals surface area contributed by atoms with Crippen LogP contribution in [0.15, 0.2) is 40.8 Å². The van der Waals surface area contributed by atoms with Crippen molar-refractivity contribution in [2.75, 3.05) is 7.05 Å². The Morgan fingerprint density at radius 3 is 2.58 bits per heavy atom. The van der Waals surface area contributed by atoms with E-state index in [0.717, 1.165) is 12.8 Å². The Balaban J connectivity index is 1.31. The van der Waals surface area contributed by atoms with Gasteiger partial charge in [-0.15, -0.1) is 0 Å². The summed E-state index contributed by atoms with van der Waals surface area (Å²) in [5.74, 6) is 0.927. The Bertz CT molecular complexity index is 760. The van der Waals surface area contributed by atoms with Gasteiger partial charge in [0, 0.05) is 18.1 Å². The van der Waals surface area contributed by atoms with E-state index in [1.165, 1.54) is 25.0 Å². The van der Waals surface area contributed by atoms with E-state index in [-0.39, 0.29) is 24.4 Å². The first-order valence-corrected chi connectivity index (χ1v) is 9.08. The molecule has 2 aliphatic heterocycles. The smallest absolute Gasteiger partial charge is 0.287 e. The third-order valence-corrected chi connectivity index (χ3v) is 5.51. The summed E-state index contributed by atoms with van der Waals surface area (Å²) in [6.45, 7) is 0.192. The van der Waals surface area contributed by atoms with Crippen LogP contribution in [0.2, 0.25) is 0 Å². The van der Waals surface area contributed by atoms with Crippen LogP contribution in [0.4, 0.5) is 4.39 Å². The van der Waals surface area contributed by atoms with Gasteiger partial charge in [0.15, 0.2) is 5.76 Å². The SMILES string of the molecule is CN1C2CCC1CC(NC(=O)c1ccc(COc3ccc(F)cc3)o1)C2. The molecule has 0 radical (unpaired) electrons. The van der Waals surface area contributed by atoms with Gasteiger partial charge < -0.3 is 19.4 Å². The third kappa shape index (κ3) is 3.60. The molecule has 1 aromatic carbocycles. The van der Waals surface area contributed by atoms with E-state index in [0.29, 0.717) is 29.4 Å². The molecule has 6 heteroatoms. The molecule has 26 heavy (non-hydrogen) atoms. The Morgan fingerprint density at radius 2 is 1.88 bits per heavy atom. The van der Waals surface area contributed by atoms with Crippen LogP contribution in [0.5, 0.6) is 5.75 Å². The summed E-state index contributed by atoms with van der Waals surface area (Å²) in [7, 11) is 2.18. The van der Waals surface area contributed by atoms with Crippen molar-refractivity contribution >= 4 is 5.91 Å². The second kappa shape index (κ2) is 7.11. The molecule has 0 spiro atoms. The molecule has 3 heterocycles. The molecule has 5 nitrogen and oxygen atoms in total. The predicted molar refractivity (Wildman–Crippen MR) is 94.5 cm³/mol. The number of fused-ring (bicyclic) bond motifs is 2. The minimum Gasteiger partial charge on any atom is -0.486 e. The van der Waals surface area contributed by atoms with Crippen LogP contribution in [-0.4, -0.2) is 36.0 Å². The zero-order valence-corrected chi connectivity index (χ0v) is 14.8. The van der Waals surface area contributed by atoms with Crippen molar-refractivity contribution in [3.63, 3.8) is 0 Å². The summed E-state index contributed by atoms with van der Waals surface area (Å²) < 4.78 is 24.0. The predicted octanol–water partition coefficient (Wildman–Crippen LogP) is 3.35. The minimum atomic E-state index is -0.309. The highest BCUT2D eigenvalue weighted by atomic mass is 19.1. The third-order valence-electron chi connectivity index (χ3n) is 5.51. The number of ether oxygens (including phenoxy) is 1.